The van der Waals surface area contributed by atoms with Crippen molar-refractivity contribution >= 4 is 5.91 Å². The van der Waals surface area contributed by atoms with Gasteiger partial charge in [0, 0.05) is 45.8 Å². The van der Waals surface area contributed by atoms with E-state index in [0.717, 1.165) is 52.1 Å². The van der Waals surface area contributed by atoms with Crippen LogP contribution in [0.5, 0.6) is 0 Å². The summed E-state index contributed by atoms with van der Waals surface area (Å²) in [6.45, 7) is 7.03. The summed E-state index contributed by atoms with van der Waals surface area (Å²) in [4.78, 5) is 18.6. The number of rotatable bonds is 9. The predicted octanol–water partition coefficient (Wildman–Crippen LogP) is 4.12. The average molecular weight is 454 g/mol. The third-order valence-electron chi connectivity index (χ3n) is 7.53. The van der Waals surface area contributed by atoms with Crippen molar-refractivity contribution in [3.8, 4) is 0 Å². The molecule has 1 N–H and O–H groups in total. The Kier molecular flexibility index (Phi) is 7.08. The molecule has 0 aromatic heterocycles. The quantitative estimate of drug-likeness (QED) is 0.529. The Balaban J connectivity index is 1.17. The van der Waals surface area contributed by atoms with Crippen molar-refractivity contribution in [3.05, 3.63) is 108 Å². The molecule has 2 fully saturated rings. The second-order valence-electron chi connectivity index (χ2n) is 9.79. The van der Waals surface area contributed by atoms with Gasteiger partial charge in [0.1, 0.15) is 0 Å². The van der Waals surface area contributed by atoms with Crippen LogP contribution in [0.1, 0.15) is 23.1 Å². The van der Waals surface area contributed by atoms with Gasteiger partial charge in [-0.2, -0.15) is 0 Å². The van der Waals surface area contributed by atoms with E-state index in [1.807, 2.05) is 12.1 Å². The Morgan fingerprint density at radius 1 is 0.765 bits per heavy atom. The molecule has 4 heteroatoms. The maximum atomic E-state index is 13.5. The summed E-state index contributed by atoms with van der Waals surface area (Å²) in [5, 5.41) is 3.27. The van der Waals surface area contributed by atoms with E-state index >= 15 is 0 Å². The third-order valence-corrected chi connectivity index (χ3v) is 7.53. The predicted molar refractivity (Wildman–Crippen MR) is 138 cm³/mol. The van der Waals surface area contributed by atoms with Crippen LogP contribution < -0.4 is 5.32 Å². The summed E-state index contributed by atoms with van der Waals surface area (Å²) < 4.78 is 0. The van der Waals surface area contributed by atoms with E-state index in [4.69, 9.17) is 0 Å². The van der Waals surface area contributed by atoms with E-state index in [1.54, 1.807) is 0 Å². The highest BCUT2D eigenvalue weighted by molar-refractivity contribution is 5.92. The van der Waals surface area contributed by atoms with Crippen molar-refractivity contribution in [3.63, 3.8) is 0 Å². The molecule has 3 aromatic carbocycles. The highest BCUT2D eigenvalue weighted by atomic mass is 16.2. The second kappa shape index (κ2) is 10.5. The average Bonchev–Trinajstić information content (AvgIpc) is 3.62. The summed E-state index contributed by atoms with van der Waals surface area (Å²) in [5.74, 6) is 0.578. The van der Waals surface area contributed by atoms with Gasteiger partial charge >= 0.3 is 0 Å². The number of carbonyl (C=O) groups excluding carboxylic acids is 1. The van der Waals surface area contributed by atoms with Crippen LogP contribution in [0.25, 0.3) is 0 Å². The van der Waals surface area contributed by atoms with Crippen molar-refractivity contribution in [1.29, 1.82) is 0 Å². The van der Waals surface area contributed by atoms with Crippen LogP contribution in [-0.2, 0) is 23.2 Å². The van der Waals surface area contributed by atoms with E-state index in [0.29, 0.717) is 12.5 Å². The molecular weight excluding hydrogens is 418 g/mol. The number of carbonyl (C=O) groups is 1. The molecule has 34 heavy (non-hydrogen) atoms. The zero-order valence-electron chi connectivity index (χ0n) is 19.9. The van der Waals surface area contributed by atoms with Gasteiger partial charge in [0.25, 0.3) is 0 Å². The first-order valence-electron chi connectivity index (χ1n) is 12.6. The van der Waals surface area contributed by atoms with Crippen molar-refractivity contribution < 1.29 is 4.79 Å². The van der Waals surface area contributed by atoms with Crippen LogP contribution in [-0.4, -0.2) is 55.0 Å². The summed E-state index contributed by atoms with van der Waals surface area (Å²) in [7, 11) is 0. The smallest absolute Gasteiger partial charge is 0.231 e. The summed E-state index contributed by atoms with van der Waals surface area (Å²) in [6, 6.07) is 31.5. The topological polar surface area (TPSA) is 35.6 Å². The zero-order valence-corrected chi connectivity index (χ0v) is 19.9. The lowest BCUT2D eigenvalue weighted by atomic mass is 9.91. The molecule has 2 atom stereocenters. The first-order valence-corrected chi connectivity index (χ1v) is 12.6. The van der Waals surface area contributed by atoms with Gasteiger partial charge in [0.2, 0.25) is 5.91 Å². The van der Waals surface area contributed by atoms with Gasteiger partial charge in [-0.15, -0.1) is 0 Å². The molecule has 0 bridgehead atoms. The van der Waals surface area contributed by atoms with Crippen molar-refractivity contribution in [2.75, 3.05) is 39.3 Å². The van der Waals surface area contributed by atoms with E-state index in [2.05, 4.69) is 94.0 Å². The second-order valence-corrected chi connectivity index (χ2v) is 9.79. The summed E-state index contributed by atoms with van der Waals surface area (Å²) in [5.41, 5.74) is 3.43. The van der Waals surface area contributed by atoms with Crippen LogP contribution in [0.2, 0.25) is 0 Å². The molecule has 0 unspecified atom stereocenters. The molecule has 2 aliphatic rings. The maximum Gasteiger partial charge on any atom is 0.231 e. The number of amides is 1. The lowest BCUT2D eigenvalue weighted by molar-refractivity contribution is -0.124. The van der Waals surface area contributed by atoms with Crippen molar-refractivity contribution in [2.24, 2.45) is 5.92 Å². The molecular formula is C30H35N3O. The summed E-state index contributed by atoms with van der Waals surface area (Å²) in [6.07, 6.45) is 1.81. The zero-order chi connectivity index (χ0) is 23.2. The Labute approximate surface area is 203 Å². The molecule has 4 nitrogen and oxygen atoms in total. The number of nitrogens with one attached hydrogen (secondary N) is 1. The van der Waals surface area contributed by atoms with E-state index < -0.39 is 0 Å². The molecule has 1 saturated heterocycles. The van der Waals surface area contributed by atoms with E-state index in [9.17, 15) is 4.79 Å². The van der Waals surface area contributed by atoms with Gasteiger partial charge in [-0.1, -0.05) is 91.0 Å². The minimum absolute atomic E-state index is 0.197. The Hall–Kier alpha value is -2.95. The molecule has 1 saturated carbocycles. The minimum atomic E-state index is -0.376. The fraction of sp³-hybridized carbons (Fsp3) is 0.367. The van der Waals surface area contributed by atoms with Gasteiger partial charge < -0.3 is 10.2 Å². The van der Waals surface area contributed by atoms with Crippen LogP contribution >= 0.6 is 0 Å². The normalized spacial score (nSPS) is 22.9. The number of hydrogen-bond donors (Lipinski definition) is 1. The van der Waals surface area contributed by atoms with Crippen LogP contribution in [0.15, 0.2) is 91.0 Å². The van der Waals surface area contributed by atoms with Crippen LogP contribution in [0.3, 0.4) is 0 Å². The molecule has 1 aliphatic heterocycles. The van der Waals surface area contributed by atoms with Gasteiger partial charge in [-0.05, 0) is 35.4 Å². The molecule has 1 aliphatic carbocycles. The number of benzene rings is 3. The van der Waals surface area contributed by atoms with Gasteiger partial charge in [-0.25, -0.2) is 0 Å². The van der Waals surface area contributed by atoms with Gasteiger partial charge in [-0.3, -0.25) is 9.69 Å². The Morgan fingerprint density at radius 3 is 1.97 bits per heavy atom. The number of piperazine rings is 1. The Morgan fingerprint density at radius 2 is 1.32 bits per heavy atom. The molecule has 0 spiro atoms. The molecule has 5 rings (SSSR count). The first-order chi connectivity index (χ1) is 16.7. The van der Waals surface area contributed by atoms with E-state index in [1.165, 1.54) is 16.7 Å². The fourth-order valence-electron chi connectivity index (χ4n) is 5.45. The monoisotopic (exact) mass is 453 g/mol. The van der Waals surface area contributed by atoms with Crippen LogP contribution in [0.4, 0.5) is 0 Å². The van der Waals surface area contributed by atoms with Crippen molar-refractivity contribution in [2.45, 2.75) is 24.8 Å². The van der Waals surface area contributed by atoms with Gasteiger partial charge in [0.15, 0.2) is 0 Å². The first kappa shape index (κ1) is 22.8. The number of hydrogen-bond acceptors (Lipinski definition) is 3. The van der Waals surface area contributed by atoms with Crippen molar-refractivity contribution in [1.82, 2.24) is 15.1 Å². The molecule has 1 heterocycles. The van der Waals surface area contributed by atoms with E-state index in [-0.39, 0.29) is 11.3 Å². The maximum absolute atomic E-state index is 13.5. The SMILES string of the molecule is O=C(NCCc1ccccc1)[C@@]1(c2ccccc2)C[C@H]1CN1CCN(Cc2ccccc2)CC1. The third kappa shape index (κ3) is 5.24. The molecule has 0 radical (unpaired) electrons. The lowest BCUT2D eigenvalue weighted by Gasteiger charge is -2.35. The number of nitrogens with zero attached hydrogens (tertiary/aromatic N) is 2. The lowest BCUT2D eigenvalue weighted by Crippen LogP contribution is -2.47. The Bertz CT molecular complexity index is 1050. The van der Waals surface area contributed by atoms with Gasteiger partial charge in [0.05, 0.1) is 5.41 Å². The molecule has 176 valence electrons. The molecule has 1 amide bonds. The van der Waals surface area contributed by atoms with Crippen LogP contribution in [0, 0.1) is 5.92 Å². The largest absolute Gasteiger partial charge is 0.355 e. The summed E-state index contributed by atoms with van der Waals surface area (Å²) >= 11 is 0. The molecule has 3 aromatic rings. The fourth-order valence-corrected chi connectivity index (χ4v) is 5.45. The minimum Gasteiger partial charge on any atom is -0.355 e. The standard InChI is InChI=1S/C30H35N3O/c34-29(31-17-16-25-10-4-1-5-11-25)30(27-14-8-3-9-15-27)22-28(30)24-33-20-18-32(19-21-33)23-26-12-6-2-7-13-26/h1-15,28H,16-24H2,(H,31,34)/t28-,30+/m0/s1. The highest BCUT2D eigenvalue weighted by Crippen LogP contribution is 2.54. The highest BCUT2D eigenvalue weighted by Gasteiger charge is 2.60.